The van der Waals surface area contributed by atoms with Gasteiger partial charge in [-0.3, -0.25) is 0 Å². The van der Waals surface area contributed by atoms with Crippen LogP contribution in [0, 0.1) is 5.41 Å². The van der Waals surface area contributed by atoms with Gasteiger partial charge < -0.3 is 10.4 Å². The van der Waals surface area contributed by atoms with Crippen molar-refractivity contribution in [2.45, 2.75) is 32.4 Å². The van der Waals surface area contributed by atoms with Crippen molar-refractivity contribution in [1.82, 2.24) is 19.7 Å². The molecule has 6 nitrogen and oxygen atoms in total. The van der Waals surface area contributed by atoms with Gasteiger partial charge in [0.1, 0.15) is 12.7 Å². The number of aliphatic hydroxyl groups excluding tert-OH is 1. The fraction of sp³-hybridized carbons (Fsp3) is 0.462. The standard InChI is InChI=1S/C13H17N5O/c1-13(2)10(5-11(13)19)17-9-3-4-12(15-6-9)18-8-14-7-16-18/h3-4,6-8,10-11,17,19H,5H2,1-2H3. The molecule has 2 unspecified atom stereocenters. The number of anilines is 1. The number of nitrogens with zero attached hydrogens (tertiary/aromatic N) is 4. The van der Waals surface area contributed by atoms with Crippen molar-refractivity contribution in [3.63, 3.8) is 0 Å². The summed E-state index contributed by atoms with van der Waals surface area (Å²) in [5.41, 5.74) is 0.860. The summed E-state index contributed by atoms with van der Waals surface area (Å²) in [5.74, 6) is 0.732. The zero-order valence-electron chi connectivity index (χ0n) is 11.0. The molecular formula is C13H17N5O. The molecule has 2 heterocycles. The highest BCUT2D eigenvalue weighted by atomic mass is 16.3. The first-order chi connectivity index (χ1) is 9.07. The summed E-state index contributed by atoms with van der Waals surface area (Å²) in [7, 11) is 0. The molecule has 1 fully saturated rings. The third-order valence-electron chi connectivity index (χ3n) is 3.96. The third-order valence-corrected chi connectivity index (χ3v) is 3.96. The fourth-order valence-corrected chi connectivity index (χ4v) is 2.28. The average Bonchev–Trinajstić information content (AvgIpc) is 2.93. The second-order valence-corrected chi connectivity index (χ2v) is 5.51. The van der Waals surface area contributed by atoms with E-state index in [-0.39, 0.29) is 17.6 Å². The molecule has 2 atom stereocenters. The van der Waals surface area contributed by atoms with Gasteiger partial charge in [-0.2, -0.15) is 5.10 Å². The largest absolute Gasteiger partial charge is 0.392 e. The van der Waals surface area contributed by atoms with Crippen molar-refractivity contribution in [3.05, 3.63) is 31.0 Å². The van der Waals surface area contributed by atoms with Crippen LogP contribution >= 0.6 is 0 Å². The van der Waals surface area contributed by atoms with E-state index < -0.39 is 0 Å². The molecule has 0 aliphatic heterocycles. The number of hydrogen-bond donors (Lipinski definition) is 2. The molecule has 2 N–H and O–H groups in total. The number of rotatable bonds is 3. The SMILES string of the molecule is CC1(C)C(O)CC1Nc1ccc(-n2cncn2)nc1. The molecule has 1 saturated carbocycles. The molecule has 100 valence electrons. The first-order valence-electron chi connectivity index (χ1n) is 6.33. The Labute approximate surface area is 111 Å². The van der Waals surface area contributed by atoms with Crippen LogP contribution in [0.3, 0.4) is 0 Å². The molecule has 0 amide bonds. The molecule has 1 aliphatic carbocycles. The Morgan fingerprint density at radius 2 is 2.26 bits per heavy atom. The highest BCUT2D eigenvalue weighted by molar-refractivity contribution is 5.45. The van der Waals surface area contributed by atoms with E-state index in [1.807, 2.05) is 12.1 Å². The van der Waals surface area contributed by atoms with Gasteiger partial charge in [-0.1, -0.05) is 13.8 Å². The number of nitrogens with one attached hydrogen (secondary N) is 1. The number of aliphatic hydroxyl groups is 1. The summed E-state index contributed by atoms with van der Waals surface area (Å²) in [5, 5.41) is 17.1. The Bertz CT molecular complexity index is 549. The van der Waals surface area contributed by atoms with Crippen LogP contribution < -0.4 is 5.32 Å². The summed E-state index contributed by atoms with van der Waals surface area (Å²) in [4.78, 5) is 8.22. The van der Waals surface area contributed by atoms with Crippen molar-refractivity contribution < 1.29 is 5.11 Å². The van der Waals surface area contributed by atoms with Gasteiger partial charge in [-0.25, -0.2) is 14.6 Å². The molecule has 0 aromatic carbocycles. The lowest BCUT2D eigenvalue weighted by atomic mass is 9.64. The zero-order valence-corrected chi connectivity index (χ0v) is 11.0. The van der Waals surface area contributed by atoms with Crippen LogP contribution in [0.5, 0.6) is 0 Å². The average molecular weight is 259 g/mol. The lowest BCUT2D eigenvalue weighted by Crippen LogP contribution is -2.56. The Balaban J connectivity index is 1.70. The van der Waals surface area contributed by atoms with Gasteiger partial charge in [-0.05, 0) is 18.6 Å². The van der Waals surface area contributed by atoms with Crippen molar-refractivity contribution in [1.29, 1.82) is 0 Å². The maximum absolute atomic E-state index is 9.72. The Hall–Kier alpha value is -1.95. The van der Waals surface area contributed by atoms with Gasteiger partial charge in [0, 0.05) is 11.5 Å². The molecule has 1 aliphatic rings. The van der Waals surface area contributed by atoms with Crippen LogP contribution in [-0.4, -0.2) is 37.0 Å². The maximum Gasteiger partial charge on any atom is 0.155 e. The van der Waals surface area contributed by atoms with Crippen molar-refractivity contribution in [3.8, 4) is 5.82 Å². The van der Waals surface area contributed by atoms with E-state index in [0.717, 1.165) is 17.9 Å². The third kappa shape index (κ3) is 2.08. The summed E-state index contributed by atoms with van der Waals surface area (Å²) >= 11 is 0. The molecule has 0 spiro atoms. The molecule has 0 bridgehead atoms. The van der Waals surface area contributed by atoms with E-state index in [0.29, 0.717) is 0 Å². The molecule has 2 aromatic heterocycles. The fourth-order valence-electron chi connectivity index (χ4n) is 2.28. The molecule has 0 radical (unpaired) electrons. The summed E-state index contributed by atoms with van der Waals surface area (Å²) < 4.78 is 1.61. The van der Waals surface area contributed by atoms with E-state index in [1.54, 1.807) is 17.2 Å². The molecule has 6 heteroatoms. The maximum atomic E-state index is 9.72. The van der Waals surface area contributed by atoms with Crippen molar-refractivity contribution in [2.24, 2.45) is 5.41 Å². The van der Waals surface area contributed by atoms with Gasteiger partial charge in [0.25, 0.3) is 0 Å². The quantitative estimate of drug-likeness (QED) is 0.867. The normalized spacial score (nSPS) is 24.8. The summed E-state index contributed by atoms with van der Waals surface area (Å²) in [6, 6.07) is 4.13. The molecule has 19 heavy (non-hydrogen) atoms. The number of aromatic nitrogens is 4. The predicted octanol–water partition coefficient (Wildman–Crippen LogP) is 1.23. The number of pyridine rings is 1. The van der Waals surface area contributed by atoms with Gasteiger partial charge in [0.05, 0.1) is 18.0 Å². The van der Waals surface area contributed by atoms with E-state index in [2.05, 4.69) is 34.2 Å². The van der Waals surface area contributed by atoms with Crippen LogP contribution in [0.2, 0.25) is 0 Å². The van der Waals surface area contributed by atoms with E-state index in [4.69, 9.17) is 0 Å². The van der Waals surface area contributed by atoms with Crippen LogP contribution in [0.25, 0.3) is 5.82 Å². The Morgan fingerprint density at radius 3 is 2.79 bits per heavy atom. The highest BCUT2D eigenvalue weighted by Crippen LogP contribution is 2.42. The summed E-state index contributed by atoms with van der Waals surface area (Å²) in [6.07, 6.45) is 5.41. The molecular weight excluding hydrogens is 242 g/mol. The molecule has 3 rings (SSSR count). The van der Waals surface area contributed by atoms with Crippen molar-refractivity contribution in [2.75, 3.05) is 5.32 Å². The van der Waals surface area contributed by atoms with Gasteiger partial charge in [0.2, 0.25) is 0 Å². The van der Waals surface area contributed by atoms with Crippen molar-refractivity contribution >= 4 is 5.69 Å². The van der Waals surface area contributed by atoms with E-state index in [1.165, 1.54) is 6.33 Å². The van der Waals surface area contributed by atoms with Gasteiger partial charge in [0.15, 0.2) is 5.82 Å². The number of hydrogen-bond acceptors (Lipinski definition) is 5. The minimum absolute atomic E-state index is 0.0927. The first kappa shape index (κ1) is 12.1. The van der Waals surface area contributed by atoms with Gasteiger partial charge in [-0.15, -0.1) is 0 Å². The van der Waals surface area contributed by atoms with E-state index >= 15 is 0 Å². The second kappa shape index (κ2) is 4.31. The second-order valence-electron chi connectivity index (χ2n) is 5.51. The van der Waals surface area contributed by atoms with Crippen LogP contribution in [0.1, 0.15) is 20.3 Å². The van der Waals surface area contributed by atoms with Crippen LogP contribution in [0.15, 0.2) is 31.0 Å². The first-order valence-corrected chi connectivity index (χ1v) is 6.33. The van der Waals surface area contributed by atoms with Gasteiger partial charge >= 0.3 is 0 Å². The summed E-state index contributed by atoms with van der Waals surface area (Å²) in [6.45, 7) is 4.13. The minimum atomic E-state index is -0.229. The van der Waals surface area contributed by atoms with Crippen LogP contribution in [0.4, 0.5) is 5.69 Å². The van der Waals surface area contributed by atoms with E-state index in [9.17, 15) is 5.11 Å². The topological polar surface area (TPSA) is 75.9 Å². The molecule has 0 saturated heterocycles. The lowest BCUT2D eigenvalue weighted by molar-refractivity contribution is -0.0510. The minimum Gasteiger partial charge on any atom is -0.392 e. The Morgan fingerprint density at radius 1 is 1.42 bits per heavy atom. The molecule has 2 aromatic rings. The zero-order chi connectivity index (χ0) is 13.5. The van der Waals surface area contributed by atoms with Crippen LogP contribution in [-0.2, 0) is 0 Å². The lowest BCUT2D eigenvalue weighted by Gasteiger charge is -2.49. The monoisotopic (exact) mass is 259 g/mol. The predicted molar refractivity (Wildman–Crippen MR) is 71.0 cm³/mol. The Kier molecular flexibility index (Phi) is 2.74. The smallest absolute Gasteiger partial charge is 0.155 e. The highest BCUT2D eigenvalue weighted by Gasteiger charge is 2.47.